The fraction of sp³-hybridized carbons (Fsp3) is 0.550. The summed E-state index contributed by atoms with van der Waals surface area (Å²) in [7, 11) is 0. The van der Waals surface area contributed by atoms with Gasteiger partial charge in [0.15, 0.2) is 0 Å². The van der Waals surface area contributed by atoms with E-state index in [1.54, 1.807) is 0 Å². The van der Waals surface area contributed by atoms with Crippen molar-refractivity contribution in [3.05, 3.63) is 33.7 Å². The van der Waals surface area contributed by atoms with Gasteiger partial charge >= 0.3 is 0 Å². The molecule has 0 atom stereocenters. The van der Waals surface area contributed by atoms with E-state index < -0.39 is 0 Å². The van der Waals surface area contributed by atoms with Gasteiger partial charge in [0.1, 0.15) is 4.88 Å². The van der Waals surface area contributed by atoms with Crippen molar-refractivity contribution in [1.82, 2.24) is 5.32 Å². The second-order valence-corrected chi connectivity index (χ2v) is 9.83. The minimum absolute atomic E-state index is 0.0424. The van der Waals surface area contributed by atoms with Crippen LogP contribution < -0.4 is 5.32 Å². The van der Waals surface area contributed by atoms with Crippen molar-refractivity contribution in [2.75, 3.05) is 0 Å². The fourth-order valence-electron chi connectivity index (χ4n) is 5.88. The van der Waals surface area contributed by atoms with Crippen LogP contribution in [0, 0.1) is 24.7 Å². The van der Waals surface area contributed by atoms with Crippen molar-refractivity contribution in [3.8, 4) is 0 Å². The molecule has 0 unspecified atom stereocenters. The predicted octanol–water partition coefficient (Wildman–Crippen LogP) is 5.56. The van der Waals surface area contributed by atoms with Gasteiger partial charge in [-0.1, -0.05) is 23.7 Å². The van der Waals surface area contributed by atoms with Gasteiger partial charge in [-0.15, -0.1) is 11.3 Å². The van der Waals surface area contributed by atoms with Crippen molar-refractivity contribution < 1.29 is 4.79 Å². The zero-order valence-electron chi connectivity index (χ0n) is 13.9. The minimum atomic E-state index is 0.0424. The Kier molecular flexibility index (Phi) is 3.31. The van der Waals surface area contributed by atoms with Crippen LogP contribution in [-0.2, 0) is 0 Å². The van der Waals surface area contributed by atoms with Crippen LogP contribution in [0.15, 0.2) is 18.2 Å². The number of amides is 1. The van der Waals surface area contributed by atoms with Crippen LogP contribution in [0.4, 0.5) is 0 Å². The van der Waals surface area contributed by atoms with Gasteiger partial charge in [0.25, 0.3) is 5.91 Å². The molecule has 4 saturated carbocycles. The summed E-state index contributed by atoms with van der Waals surface area (Å²) in [6, 6.07) is 6.21. The van der Waals surface area contributed by atoms with Crippen LogP contribution in [0.5, 0.6) is 0 Å². The van der Waals surface area contributed by atoms with E-state index in [9.17, 15) is 4.79 Å². The van der Waals surface area contributed by atoms with Crippen molar-refractivity contribution in [2.45, 2.75) is 51.0 Å². The van der Waals surface area contributed by atoms with E-state index in [4.69, 9.17) is 11.6 Å². The Morgan fingerprint density at radius 2 is 1.79 bits per heavy atom. The zero-order chi connectivity index (χ0) is 16.5. The molecule has 4 fully saturated rings. The number of carbonyl (C=O) groups is 1. The Balaban J connectivity index is 1.46. The fourth-order valence-corrected chi connectivity index (χ4v) is 7.39. The molecule has 24 heavy (non-hydrogen) atoms. The molecule has 4 bridgehead atoms. The first-order valence-corrected chi connectivity index (χ1v) is 10.2. The number of carbonyl (C=O) groups excluding carboxylic acids is 1. The van der Waals surface area contributed by atoms with Crippen LogP contribution in [0.25, 0.3) is 10.1 Å². The number of hydrogen-bond acceptors (Lipinski definition) is 2. The number of fused-ring (bicyclic) bond motifs is 1. The molecule has 2 nitrogen and oxygen atoms in total. The molecule has 0 radical (unpaired) electrons. The number of thiophene rings is 1. The SMILES string of the molecule is Cc1ccc2c(Cl)c(C(=O)NC34CC5CC(CC(C5)C3)C4)sc2c1. The number of halogens is 1. The molecule has 4 aliphatic rings. The number of benzene rings is 1. The molecule has 1 aromatic heterocycles. The predicted molar refractivity (Wildman–Crippen MR) is 99.9 cm³/mol. The monoisotopic (exact) mass is 359 g/mol. The number of aryl methyl sites for hydroxylation is 1. The molecule has 126 valence electrons. The Bertz CT molecular complexity index is 804. The third kappa shape index (κ3) is 2.32. The Hall–Kier alpha value is -1.06. The second kappa shape index (κ2) is 5.22. The average Bonchev–Trinajstić information content (AvgIpc) is 2.82. The quantitative estimate of drug-likeness (QED) is 0.747. The number of hydrogen-bond donors (Lipinski definition) is 1. The van der Waals surface area contributed by atoms with E-state index in [0.29, 0.717) is 9.90 Å². The number of rotatable bonds is 2. The maximum Gasteiger partial charge on any atom is 0.263 e. The first kappa shape index (κ1) is 15.2. The lowest BCUT2D eigenvalue weighted by molar-refractivity contribution is -0.0166. The van der Waals surface area contributed by atoms with E-state index in [1.807, 2.05) is 6.07 Å². The van der Waals surface area contributed by atoms with E-state index in [1.165, 1.54) is 55.4 Å². The molecular weight excluding hydrogens is 338 g/mol. The van der Waals surface area contributed by atoms with Crippen molar-refractivity contribution >= 4 is 38.9 Å². The Morgan fingerprint density at radius 3 is 2.42 bits per heavy atom. The molecule has 1 aromatic carbocycles. The molecule has 2 aromatic rings. The lowest BCUT2D eigenvalue weighted by Gasteiger charge is -2.56. The summed E-state index contributed by atoms with van der Waals surface area (Å²) in [5, 5.41) is 5.07. The summed E-state index contributed by atoms with van der Waals surface area (Å²) < 4.78 is 1.11. The smallest absolute Gasteiger partial charge is 0.263 e. The van der Waals surface area contributed by atoms with E-state index in [2.05, 4.69) is 24.4 Å². The van der Waals surface area contributed by atoms with E-state index in [0.717, 1.165) is 27.8 Å². The topological polar surface area (TPSA) is 29.1 Å². The van der Waals surface area contributed by atoms with Gasteiger partial charge in [-0.2, -0.15) is 0 Å². The van der Waals surface area contributed by atoms with Crippen LogP contribution in [0.1, 0.15) is 53.8 Å². The van der Waals surface area contributed by atoms with Crippen molar-refractivity contribution in [2.24, 2.45) is 17.8 Å². The van der Waals surface area contributed by atoms with E-state index >= 15 is 0 Å². The summed E-state index contributed by atoms with van der Waals surface area (Å²) in [5.74, 6) is 2.53. The summed E-state index contributed by atoms with van der Waals surface area (Å²) in [6.07, 6.45) is 7.68. The highest BCUT2D eigenvalue weighted by Crippen LogP contribution is 2.55. The first-order valence-electron chi connectivity index (χ1n) is 9.02. The molecule has 0 spiro atoms. The molecule has 4 aliphatic carbocycles. The molecule has 1 heterocycles. The van der Waals surface area contributed by atoms with Crippen LogP contribution in [0.2, 0.25) is 5.02 Å². The third-order valence-corrected chi connectivity index (χ3v) is 8.06. The Morgan fingerprint density at radius 1 is 1.17 bits per heavy atom. The highest BCUT2D eigenvalue weighted by atomic mass is 35.5. The number of nitrogens with one attached hydrogen (secondary N) is 1. The molecule has 6 rings (SSSR count). The summed E-state index contributed by atoms with van der Waals surface area (Å²) in [4.78, 5) is 13.7. The average molecular weight is 360 g/mol. The standard InChI is InChI=1S/C20H22ClNOS/c1-11-2-3-15-16(4-11)24-18(17(15)21)19(23)22-20-8-12-5-13(9-20)7-14(6-12)10-20/h2-4,12-14H,5-10H2,1H3,(H,22,23). The van der Waals surface area contributed by atoms with Gasteiger partial charge < -0.3 is 5.32 Å². The Labute approximate surface area is 151 Å². The van der Waals surface area contributed by atoms with Crippen LogP contribution >= 0.6 is 22.9 Å². The molecule has 0 saturated heterocycles. The molecule has 1 amide bonds. The van der Waals surface area contributed by atoms with Gasteiger partial charge in [0.05, 0.1) is 5.02 Å². The second-order valence-electron chi connectivity index (χ2n) is 8.40. The highest BCUT2D eigenvalue weighted by molar-refractivity contribution is 7.21. The third-order valence-electron chi connectivity index (χ3n) is 6.41. The normalized spacial score (nSPS) is 34.0. The summed E-state index contributed by atoms with van der Waals surface area (Å²) in [6.45, 7) is 2.07. The van der Waals surface area contributed by atoms with Crippen LogP contribution in [-0.4, -0.2) is 11.4 Å². The van der Waals surface area contributed by atoms with Gasteiger partial charge in [-0.3, -0.25) is 4.79 Å². The molecule has 1 N–H and O–H groups in total. The van der Waals surface area contributed by atoms with Gasteiger partial charge in [-0.05, 0) is 74.8 Å². The van der Waals surface area contributed by atoms with E-state index in [-0.39, 0.29) is 11.4 Å². The van der Waals surface area contributed by atoms with Gasteiger partial charge in [-0.25, -0.2) is 0 Å². The van der Waals surface area contributed by atoms with Gasteiger partial charge in [0.2, 0.25) is 0 Å². The molecular formula is C20H22ClNOS. The maximum atomic E-state index is 13.0. The van der Waals surface area contributed by atoms with Crippen LogP contribution in [0.3, 0.4) is 0 Å². The summed E-state index contributed by atoms with van der Waals surface area (Å²) in [5.41, 5.74) is 1.25. The van der Waals surface area contributed by atoms with Crippen molar-refractivity contribution in [1.29, 1.82) is 0 Å². The maximum absolute atomic E-state index is 13.0. The van der Waals surface area contributed by atoms with Gasteiger partial charge in [0, 0.05) is 15.6 Å². The minimum Gasteiger partial charge on any atom is -0.346 e. The lowest BCUT2D eigenvalue weighted by Crippen LogP contribution is -2.59. The largest absolute Gasteiger partial charge is 0.346 e. The summed E-state index contributed by atoms with van der Waals surface area (Å²) >= 11 is 8.07. The lowest BCUT2D eigenvalue weighted by atomic mass is 9.53. The highest BCUT2D eigenvalue weighted by Gasteiger charge is 2.51. The van der Waals surface area contributed by atoms with Crippen molar-refractivity contribution in [3.63, 3.8) is 0 Å². The zero-order valence-corrected chi connectivity index (χ0v) is 15.5. The molecule has 4 heteroatoms. The first-order chi connectivity index (χ1) is 11.5. The molecule has 0 aliphatic heterocycles.